The molecule has 0 unspecified atom stereocenters. The molecule has 0 aliphatic heterocycles. The van der Waals surface area contributed by atoms with Crippen LogP contribution in [0.2, 0.25) is 0 Å². The van der Waals surface area contributed by atoms with Crippen molar-refractivity contribution in [3.05, 3.63) is 109 Å². The van der Waals surface area contributed by atoms with Gasteiger partial charge in [0.15, 0.2) is 0 Å². The monoisotopic (exact) mass is 407 g/mol. The van der Waals surface area contributed by atoms with Crippen molar-refractivity contribution in [1.82, 2.24) is 4.98 Å². The molecule has 0 spiro atoms. The molecule has 142 valence electrons. The van der Waals surface area contributed by atoms with E-state index < -0.39 is 5.96 Å². The summed E-state index contributed by atoms with van der Waals surface area (Å²) < 4.78 is 5.66. The molecule has 0 aliphatic rings. The molecule has 28 heavy (non-hydrogen) atoms. The summed E-state index contributed by atoms with van der Waals surface area (Å²) in [5, 5.41) is 3.40. The Morgan fingerprint density at radius 3 is 1.54 bits per heavy atom. The van der Waals surface area contributed by atoms with Gasteiger partial charge in [0.05, 0.1) is 0 Å². The van der Waals surface area contributed by atoms with Crippen LogP contribution in [0.5, 0.6) is 0 Å². The topological polar surface area (TPSA) is 26.0 Å². The number of aromatic nitrogens is 1. The van der Waals surface area contributed by atoms with E-state index in [-0.39, 0.29) is 0 Å². The summed E-state index contributed by atoms with van der Waals surface area (Å²) in [6, 6.07) is 31.3. The first-order valence-corrected chi connectivity index (χ1v) is 12.8. The van der Waals surface area contributed by atoms with Crippen LogP contribution in [0.1, 0.15) is 18.5 Å². The van der Waals surface area contributed by atoms with Crippen molar-refractivity contribution in [3.63, 3.8) is 0 Å². The molecule has 0 amide bonds. The van der Waals surface area contributed by atoms with E-state index in [4.69, 9.17) is 20.6 Å². The molecule has 0 N–H and O–H groups in total. The molecule has 1 aromatic heterocycles. The van der Waals surface area contributed by atoms with Crippen molar-refractivity contribution in [3.8, 4) is 0 Å². The number of rotatable bonds is 6. The molecule has 0 bridgehead atoms. The summed E-state index contributed by atoms with van der Waals surface area (Å²) in [5.74, 6) is -2.59. The molecule has 3 aromatic carbocycles. The number of aryl methyl sites for hydroxylation is 1. The van der Waals surface area contributed by atoms with Crippen LogP contribution < -0.4 is 15.9 Å². The Labute approximate surface area is 170 Å². The second kappa shape index (κ2) is 7.54. The molecular formula is C24H23ClNOP. The molecule has 4 rings (SSSR count). The number of oxazole rings is 1. The van der Waals surface area contributed by atoms with Crippen molar-refractivity contribution >= 4 is 33.1 Å². The zero-order chi connectivity index (χ0) is 19.5. The standard InChI is InChI=1S/C24H23ClNOP/c1-2-24-26-20(18-27-24)19-28(25,21-12-6-3-7-13-21,22-14-8-4-9-15-22)23-16-10-5-11-17-23/h3-18H,2,19H2,1H3. The van der Waals surface area contributed by atoms with E-state index in [0.717, 1.165) is 33.9 Å². The summed E-state index contributed by atoms with van der Waals surface area (Å²) in [7, 11) is 0. The maximum absolute atomic E-state index is 8.01. The van der Waals surface area contributed by atoms with Gasteiger partial charge in [-0.15, -0.1) is 0 Å². The Balaban J connectivity index is 2.06. The van der Waals surface area contributed by atoms with E-state index in [1.165, 1.54) is 0 Å². The Morgan fingerprint density at radius 1 is 0.750 bits per heavy atom. The first-order chi connectivity index (χ1) is 13.6. The summed E-state index contributed by atoms with van der Waals surface area (Å²) >= 11 is 8.01. The molecule has 2 nitrogen and oxygen atoms in total. The van der Waals surface area contributed by atoms with Crippen LogP contribution in [0.25, 0.3) is 0 Å². The third-order valence-electron chi connectivity index (χ3n) is 5.24. The summed E-state index contributed by atoms with van der Waals surface area (Å²) in [4.78, 5) is 4.72. The van der Waals surface area contributed by atoms with Crippen LogP contribution in [-0.2, 0) is 12.6 Å². The SMILES string of the molecule is CCc1nc(CP(Cl)(c2ccccc2)(c2ccccc2)c2ccccc2)co1. The molecular weight excluding hydrogens is 385 g/mol. The second-order valence-corrected chi connectivity index (χ2v) is 13.4. The van der Waals surface area contributed by atoms with Gasteiger partial charge in [0.25, 0.3) is 0 Å². The van der Waals surface area contributed by atoms with E-state index in [1.807, 2.05) is 25.1 Å². The number of halogens is 1. The Bertz CT molecular complexity index is 948. The van der Waals surface area contributed by atoms with Gasteiger partial charge in [-0.1, -0.05) is 0 Å². The van der Waals surface area contributed by atoms with E-state index in [2.05, 4.69) is 72.8 Å². The van der Waals surface area contributed by atoms with Crippen LogP contribution in [-0.4, -0.2) is 4.98 Å². The van der Waals surface area contributed by atoms with Crippen molar-refractivity contribution in [2.75, 3.05) is 0 Å². The fourth-order valence-electron chi connectivity index (χ4n) is 3.83. The molecule has 0 saturated carbocycles. The Kier molecular flexibility index (Phi) is 5.10. The zero-order valence-corrected chi connectivity index (χ0v) is 17.5. The average Bonchev–Trinajstić information content (AvgIpc) is 3.23. The average molecular weight is 408 g/mol. The predicted molar refractivity (Wildman–Crippen MR) is 121 cm³/mol. The fourth-order valence-corrected chi connectivity index (χ4v) is 9.78. The normalized spacial score (nSPS) is 13.0. The number of nitrogens with zero attached hydrogens (tertiary/aromatic N) is 1. The Morgan fingerprint density at radius 2 is 1.18 bits per heavy atom. The van der Waals surface area contributed by atoms with Crippen LogP contribution >= 0.6 is 17.2 Å². The van der Waals surface area contributed by atoms with Gasteiger partial charge in [0.1, 0.15) is 0 Å². The van der Waals surface area contributed by atoms with E-state index >= 15 is 0 Å². The molecule has 0 fully saturated rings. The molecule has 4 aromatic rings. The molecule has 0 aliphatic carbocycles. The number of hydrogen-bond donors (Lipinski definition) is 0. The van der Waals surface area contributed by atoms with Gasteiger partial charge in [-0.05, 0) is 0 Å². The van der Waals surface area contributed by atoms with Gasteiger partial charge >= 0.3 is 171 Å². The molecule has 0 atom stereocenters. The van der Waals surface area contributed by atoms with Crippen molar-refractivity contribution in [2.45, 2.75) is 19.5 Å². The van der Waals surface area contributed by atoms with E-state index in [1.54, 1.807) is 6.26 Å². The third-order valence-corrected chi connectivity index (χ3v) is 12.4. The zero-order valence-electron chi connectivity index (χ0n) is 15.8. The van der Waals surface area contributed by atoms with Gasteiger partial charge in [0, 0.05) is 0 Å². The maximum atomic E-state index is 8.01. The second-order valence-electron chi connectivity index (χ2n) is 6.93. The van der Waals surface area contributed by atoms with Gasteiger partial charge in [-0.2, -0.15) is 0 Å². The third kappa shape index (κ3) is 3.07. The minimum absolute atomic E-state index is 0.606. The van der Waals surface area contributed by atoms with Crippen LogP contribution in [0, 0.1) is 0 Å². The molecule has 0 radical (unpaired) electrons. The van der Waals surface area contributed by atoms with Gasteiger partial charge < -0.3 is 0 Å². The van der Waals surface area contributed by atoms with E-state index in [0.29, 0.717) is 6.16 Å². The molecule has 0 saturated heterocycles. The van der Waals surface area contributed by atoms with Crippen LogP contribution in [0.3, 0.4) is 0 Å². The predicted octanol–water partition coefficient (Wildman–Crippen LogP) is 5.42. The van der Waals surface area contributed by atoms with Crippen molar-refractivity contribution in [2.24, 2.45) is 0 Å². The number of benzene rings is 3. The summed E-state index contributed by atoms with van der Waals surface area (Å²) in [6.07, 6.45) is 3.13. The van der Waals surface area contributed by atoms with Gasteiger partial charge in [0.2, 0.25) is 0 Å². The van der Waals surface area contributed by atoms with Gasteiger partial charge in [-0.25, -0.2) is 0 Å². The molecule has 4 heteroatoms. The number of hydrogen-bond acceptors (Lipinski definition) is 2. The first-order valence-electron chi connectivity index (χ1n) is 9.48. The van der Waals surface area contributed by atoms with Crippen LogP contribution in [0.15, 0.2) is 102 Å². The fraction of sp³-hybridized carbons (Fsp3) is 0.125. The van der Waals surface area contributed by atoms with Crippen molar-refractivity contribution < 1.29 is 4.42 Å². The minimum atomic E-state index is -3.33. The first kappa shape index (κ1) is 18.9. The summed E-state index contributed by atoms with van der Waals surface area (Å²) in [5.41, 5.74) is 0.890. The summed E-state index contributed by atoms with van der Waals surface area (Å²) in [6.45, 7) is 2.04. The van der Waals surface area contributed by atoms with Crippen molar-refractivity contribution in [1.29, 1.82) is 0 Å². The van der Waals surface area contributed by atoms with E-state index in [9.17, 15) is 0 Å². The molecule has 1 heterocycles. The van der Waals surface area contributed by atoms with Crippen LogP contribution in [0.4, 0.5) is 0 Å². The quantitative estimate of drug-likeness (QED) is 0.399. The van der Waals surface area contributed by atoms with Gasteiger partial charge in [-0.3, -0.25) is 0 Å². The Hall–Kier alpha value is -2.41.